The molecule has 3 nitrogen and oxygen atoms in total. The SMILES string of the molecule is C/C=C(\C)C(=O)C[C@](C)(N[S+]([O-])C(C)(C)C)c1ccc(F)cc1F. The number of halogens is 2. The van der Waals surface area contributed by atoms with E-state index in [1.54, 1.807) is 47.6 Å². The highest BCUT2D eigenvalue weighted by molar-refractivity contribution is 7.90. The molecule has 0 aliphatic carbocycles. The maximum absolute atomic E-state index is 14.3. The fourth-order valence-electron chi connectivity index (χ4n) is 2.10. The molecule has 0 saturated carbocycles. The van der Waals surface area contributed by atoms with E-state index < -0.39 is 33.3 Å². The molecule has 1 aromatic carbocycles. The standard InChI is InChI=1S/C18H25F2NO2S/c1-7-12(2)16(22)11-18(6,21-24(23)17(3,4)5)14-9-8-13(19)10-15(14)20/h7-10,21H,11H2,1-6H3/b12-7+/t18-,24?/m0/s1. The van der Waals surface area contributed by atoms with Crippen LogP contribution in [0.3, 0.4) is 0 Å². The molecule has 1 unspecified atom stereocenters. The zero-order valence-electron chi connectivity index (χ0n) is 15.0. The summed E-state index contributed by atoms with van der Waals surface area (Å²) in [6, 6.07) is 3.18. The number of nitrogens with one attached hydrogen (secondary N) is 1. The van der Waals surface area contributed by atoms with Gasteiger partial charge in [-0.15, -0.1) is 4.72 Å². The van der Waals surface area contributed by atoms with Crippen molar-refractivity contribution < 1.29 is 18.1 Å². The van der Waals surface area contributed by atoms with Gasteiger partial charge in [-0.1, -0.05) is 12.1 Å². The smallest absolute Gasteiger partial charge is 0.160 e. The second-order valence-corrected chi connectivity index (χ2v) is 8.98. The lowest BCUT2D eigenvalue weighted by Crippen LogP contribution is -2.51. The summed E-state index contributed by atoms with van der Waals surface area (Å²) in [5, 5.41) is 0. The first kappa shape index (κ1) is 20.8. The number of carbonyl (C=O) groups excluding carboxylic acids is 1. The number of allylic oxidation sites excluding steroid dienone is 2. The third-order valence-electron chi connectivity index (χ3n) is 3.79. The van der Waals surface area contributed by atoms with Crippen LogP contribution in [0.1, 0.15) is 53.5 Å². The van der Waals surface area contributed by atoms with E-state index in [1.807, 2.05) is 0 Å². The Morgan fingerprint density at radius 2 is 1.88 bits per heavy atom. The molecule has 0 spiro atoms. The van der Waals surface area contributed by atoms with Crippen molar-refractivity contribution in [1.29, 1.82) is 0 Å². The molecular formula is C18H25F2NO2S. The van der Waals surface area contributed by atoms with Crippen molar-refractivity contribution in [2.24, 2.45) is 0 Å². The van der Waals surface area contributed by atoms with Crippen molar-refractivity contribution in [1.82, 2.24) is 4.72 Å². The van der Waals surface area contributed by atoms with Crippen molar-refractivity contribution in [2.75, 3.05) is 0 Å². The maximum atomic E-state index is 14.3. The summed E-state index contributed by atoms with van der Waals surface area (Å²) in [4.78, 5) is 12.4. The molecule has 0 amide bonds. The number of benzene rings is 1. The summed E-state index contributed by atoms with van der Waals surface area (Å²) < 4.78 is 42.4. The predicted molar refractivity (Wildman–Crippen MR) is 93.8 cm³/mol. The van der Waals surface area contributed by atoms with E-state index in [0.29, 0.717) is 5.57 Å². The Labute approximate surface area is 145 Å². The number of ketones is 1. The van der Waals surface area contributed by atoms with Crippen LogP contribution in [0.15, 0.2) is 29.8 Å². The normalized spacial score (nSPS) is 16.6. The van der Waals surface area contributed by atoms with Gasteiger partial charge in [0.1, 0.15) is 16.4 Å². The first-order valence-corrected chi connectivity index (χ1v) is 8.87. The van der Waals surface area contributed by atoms with Gasteiger partial charge in [-0.3, -0.25) is 4.79 Å². The third-order valence-corrected chi connectivity index (χ3v) is 5.53. The van der Waals surface area contributed by atoms with Crippen LogP contribution in [0.4, 0.5) is 8.78 Å². The molecular weight excluding hydrogens is 332 g/mol. The highest BCUT2D eigenvalue weighted by Crippen LogP contribution is 2.31. The Morgan fingerprint density at radius 1 is 1.29 bits per heavy atom. The summed E-state index contributed by atoms with van der Waals surface area (Å²) >= 11 is -1.53. The second kappa shape index (κ2) is 7.76. The first-order chi connectivity index (χ1) is 10.9. The molecule has 0 aliphatic heterocycles. The van der Waals surface area contributed by atoms with Crippen LogP contribution < -0.4 is 4.72 Å². The average molecular weight is 357 g/mol. The molecule has 1 rings (SSSR count). The van der Waals surface area contributed by atoms with E-state index >= 15 is 0 Å². The van der Waals surface area contributed by atoms with Crippen LogP contribution in [-0.2, 0) is 21.7 Å². The van der Waals surface area contributed by atoms with Crippen LogP contribution in [0.25, 0.3) is 0 Å². The molecule has 0 bridgehead atoms. The van der Waals surface area contributed by atoms with Gasteiger partial charge in [-0.25, -0.2) is 8.78 Å². The first-order valence-electron chi connectivity index (χ1n) is 7.72. The van der Waals surface area contributed by atoms with Crippen molar-refractivity contribution in [3.05, 3.63) is 47.0 Å². The largest absolute Gasteiger partial charge is 0.598 e. The van der Waals surface area contributed by atoms with Gasteiger partial charge in [0, 0.05) is 29.4 Å². The van der Waals surface area contributed by atoms with Crippen LogP contribution in [0, 0.1) is 11.6 Å². The van der Waals surface area contributed by atoms with Gasteiger partial charge in [-0.05, 0) is 53.2 Å². The summed E-state index contributed by atoms with van der Waals surface area (Å²) in [7, 11) is 0. The van der Waals surface area contributed by atoms with Crippen molar-refractivity contribution in [2.45, 2.75) is 58.2 Å². The highest BCUT2D eigenvalue weighted by Gasteiger charge is 2.40. The number of carbonyl (C=O) groups is 1. The maximum Gasteiger partial charge on any atom is 0.160 e. The Balaban J connectivity index is 3.32. The summed E-state index contributed by atoms with van der Waals surface area (Å²) in [5.74, 6) is -1.67. The minimum Gasteiger partial charge on any atom is -0.598 e. The molecule has 2 atom stereocenters. The topological polar surface area (TPSA) is 52.2 Å². The molecule has 134 valence electrons. The van der Waals surface area contributed by atoms with Crippen LogP contribution >= 0.6 is 0 Å². The zero-order valence-corrected chi connectivity index (χ0v) is 15.8. The fraction of sp³-hybridized carbons (Fsp3) is 0.500. The molecule has 0 aliphatic rings. The molecule has 6 heteroatoms. The second-order valence-electron chi connectivity index (χ2n) is 7.01. The monoisotopic (exact) mass is 357 g/mol. The number of rotatable bonds is 6. The van der Waals surface area contributed by atoms with E-state index in [0.717, 1.165) is 12.1 Å². The Kier molecular flexibility index (Phi) is 6.73. The Hall–Kier alpha value is -1.24. The zero-order chi connectivity index (χ0) is 18.7. The summed E-state index contributed by atoms with van der Waals surface area (Å²) in [5.41, 5.74) is -0.581. The van der Waals surface area contributed by atoms with Crippen molar-refractivity contribution in [3.8, 4) is 0 Å². The lowest BCUT2D eigenvalue weighted by atomic mass is 9.86. The molecule has 0 saturated heterocycles. The fourth-order valence-corrected chi connectivity index (χ4v) is 3.00. The van der Waals surface area contributed by atoms with E-state index in [9.17, 15) is 18.1 Å². The lowest BCUT2D eigenvalue weighted by Gasteiger charge is -2.35. The highest BCUT2D eigenvalue weighted by atomic mass is 32.2. The number of hydrogen-bond acceptors (Lipinski definition) is 3. The van der Waals surface area contributed by atoms with Gasteiger partial charge in [0.2, 0.25) is 0 Å². The van der Waals surface area contributed by atoms with Crippen molar-refractivity contribution >= 4 is 17.1 Å². The molecule has 0 heterocycles. The molecule has 0 fully saturated rings. The lowest BCUT2D eigenvalue weighted by molar-refractivity contribution is -0.116. The van der Waals surface area contributed by atoms with Gasteiger partial charge in [0.15, 0.2) is 5.78 Å². The van der Waals surface area contributed by atoms with Crippen LogP contribution in [-0.4, -0.2) is 15.1 Å². The third kappa shape index (κ3) is 5.13. The average Bonchev–Trinajstić information content (AvgIpc) is 2.44. The molecule has 1 aromatic rings. The molecule has 1 N–H and O–H groups in total. The minimum atomic E-state index is -1.53. The molecule has 0 aromatic heterocycles. The molecule has 24 heavy (non-hydrogen) atoms. The van der Waals surface area contributed by atoms with Gasteiger partial charge in [0.25, 0.3) is 0 Å². The summed E-state index contributed by atoms with van der Waals surface area (Å²) in [6.07, 6.45) is 1.58. The van der Waals surface area contributed by atoms with Gasteiger partial charge >= 0.3 is 0 Å². The van der Waals surface area contributed by atoms with Gasteiger partial charge < -0.3 is 4.55 Å². The number of hydrogen-bond donors (Lipinski definition) is 1. The Bertz CT molecular complexity index is 640. The Morgan fingerprint density at radius 3 is 2.33 bits per heavy atom. The minimum absolute atomic E-state index is 0.0897. The van der Waals surface area contributed by atoms with E-state index in [1.165, 1.54) is 6.07 Å². The van der Waals surface area contributed by atoms with E-state index in [2.05, 4.69) is 4.72 Å². The van der Waals surface area contributed by atoms with Gasteiger partial charge in [-0.2, -0.15) is 0 Å². The van der Waals surface area contributed by atoms with Gasteiger partial charge in [0.05, 0.1) is 5.54 Å². The van der Waals surface area contributed by atoms with Crippen LogP contribution in [0.2, 0.25) is 0 Å². The van der Waals surface area contributed by atoms with Crippen LogP contribution in [0.5, 0.6) is 0 Å². The van der Waals surface area contributed by atoms with Crippen molar-refractivity contribution in [3.63, 3.8) is 0 Å². The molecule has 0 radical (unpaired) electrons. The van der Waals surface area contributed by atoms with E-state index in [-0.39, 0.29) is 17.8 Å². The quantitative estimate of drug-likeness (QED) is 0.614. The summed E-state index contributed by atoms with van der Waals surface area (Å²) in [6.45, 7) is 10.3. The van der Waals surface area contributed by atoms with E-state index in [4.69, 9.17) is 0 Å². The predicted octanol–water partition coefficient (Wildman–Crippen LogP) is 4.16. The number of Topliss-reactive ketones (excluding diaryl/α,β-unsaturated/α-hetero) is 1.